The number of aromatic nitrogens is 5. The number of hydrogen-bond donors (Lipinski definition) is 0. The average molecular weight is 1280 g/mol. The summed E-state index contributed by atoms with van der Waals surface area (Å²) >= 11 is 0. The van der Waals surface area contributed by atoms with E-state index in [0.29, 0.717) is 11.8 Å². The van der Waals surface area contributed by atoms with Gasteiger partial charge in [-0.15, -0.1) is 77.9 Å². The van der Waals surface area contributed by atoms with Crippen molar-refractivity contribution in [3.63, 3.8) is 0 Å². The topological polar surface area (TPSA) is 61.7 Å². The van der Waals surface area contributed by atoms with Gasteiger partial charge < -0.3 is 18.5 Å². The zero-order chi connectivity index (χ0) is 57.7. The summed E-state index contributed by atoms with van der Waals surface area (Å²) in [5.41, 5.74) is 19.2. The monoisotopic (exact) mass is 1280 g/mol. The molecule has 418 valence electrons. The normalized spacial score (nSPS) is 11.3. The van der Waals surface area contributed by atoms with E-state index < -0.39 is 0 Å². The van der Waals surface area contributed by atoms with E-state index in [1.165, 1.54) is 74.6 Å². The first-order chi connectivity index (χ1) is 40.3. The van der Waals surface area contributed by atoms with Gasteiger partial charge in [0.15, 0.2) is 0 Å². The van der Waals surface area contributed by atoms with Crippen LogP contribution in [0, 0.1) is 29.8 Å². The van der Waals surface area contributed by atoms with Crippen LogP contribution in [-0.2, 0) is 20.1 Å². The third-order valence-corrected chi connectivity index (χ3v) is 15.0. The smallest absolute Gasteiger partial charge is 0.501 e. The molecule has 0 N–H and O–H groups in total. The Kier molecular flexibility index (Phi) is 17.9. The maximum Gasteiger partial charge on any atom is 3.00 e. The van der Waals surface area contributed by atoms with Crippen molar-refractivity contribution >= 4 is 33.0 Å². The van der Waals surface area contributed by atoms with Gasteiger partial charge in [-0.3, -0.25) is 18.7 Å². The number of furan rings is 1. The van der Waals surface area contributed by atoms with Gasteiger partial charge in [0.25, 0.3) is 0 Å². The zero-order valence-corrected chi connectivity index (χ0v) is 50.7. The van der Waals surface area contributed by atoms with Crippen LogP contribution in [0.4, 0.5) is 8.78 Å². The van der Waals surface area contributed by atoms with Crippen LogP contribution in [0.25, 0.3) is 101 Å². The molecule has 84 heavy (non-hydrogen) atoms. The summed E-state index contributed by atoms with van der Waals surface area (Å²) in [5, 5.41) is 2.15. The van der Waals surface area contributed by atoms with Crippen molar-refractivity contribution in [2.75, 3.05) is 0 Å². The predicted octanol–water partition coefficient (Wildman–Crippen LogP) is 20.4. The Hall–Kier alpha value is -8.88. The fourth-order valence-electron chi connectivity index (χ4n) is 10.9. The number of para-hydroxylation sites is 3. The minimum absolute atomic E-state index is 0. The largest absolute Gasteiger partial charge is 3.00 e. The van der Waals surface area contributed by atoms with E-state index in [0.717, 1.165) is 72.6 Å². The zero-order valence-electron chi connectivity index (χ0n) is 48.3. The van der Waals surface area contributed by atoms with Crippen molar-refractivity contribution < 1.29 is 33.3 Å². The van der Waals surface area contributed by atoms with Gasteiger partial charge in [0.05, 0.1) is 28.3 Å². The molecular weight excluding hydrogens is 1220 g/mol. The molecule has 4 heterocycles. The minimum atomic E-state index is -0.290. The van der Waals surface area contributed by atoms with Crippen LogP contribution in [0.3, 0.4) is 0 Å². The summed E-state index contributed by atoms with van der Waals surface area (Å²) in [4.78, 5) is 13.9. The average Bonchev–Trinajstić information content (AvgIpc) is 2.86. The third kappa shape index (κ3) is 12.1. The van der Waals surface area contributed by atoms with Crippen molar-refractivity contribution in [3.8, 4) is 67.7 Å². The van der Waals surface area contributed by atoms with E-state index >= 15 is 0 Å². The first-order valence-electron chi connectivity index (χ1n) is 28.4. The summed E-state index contributed by atoms with van der Waals surface area (Å²) in [5.74, 6) is 2.41. The summed E-state index contributed by atoms with van der Waals surface area (Å²) in [6.07, 6.45) is 5.46. The fourth-order valence-corrected chi connectivity index (χ4v) is 10.9. The predicted molar refractivity (Wildman–Crippen MR) is 336 cm³/mol. The van der Waals surface area contributed by atoms with Crippen LogP contribution in [0.15, 0.2) is 223 Å². The summed E-state index contributed by atoms with van der Waals surface area (Å²) in [6, 6.07) is 75.2. The van der Waals surface area contributed by atoms with Crippen LogP contribution in [0.5, 0.6) is 0 Å². The quantitative estimate of drug-likeness (QED) is 0.121. The Labute approximate surface area is 504 Å². The van der Waals surface area contributed by atoms with Gasteiger partial charge in [-0.25, -0.2) is 0 Å². The molecule has 0 bridgehead atoms. The van der Waals surface area contributed by atoms with Crippen molar-refractivity contribution in [2.45, 2.75) is 79.1 Å². The van der Waals surface area contributed by atoms with E-state index in [1.54, 1.807) is 24.5 Å². The van der Waals surface area contributed by atoms with Gasteiger partial charge >= 0.3 is 20.1 Å². The van der Waals surface area contributed by atoms with E-state index in [1.807, 2.05) is 36.5 Å². The molecule has 13 rings (SSSR count). The van der Waals surface area contributed by atoms with Crippen LogP contribution >= 0.6 is 0 Å². The molecule has 9 aromatic carbocycles. The minimum Gasteiger partial charge on any atom is -0.501 e. The molecule has 0 saturated carbocycles. The number of nitrogens with zero attached hydrogens (tertiary/aromatic N) is 5. The molecule has 0 amide bonds. The standard InChI is InChI=1S/C43H35N2O.C21H22FN2.C11H7FN.Ir/c1-27(2)36-24-32(30-16-9-6-10-17-30)25-37(28(3)4)41(36)45-39-21-12-11-20-38(39)44-43(45)35-19-13-18-34-33-23-22-31(26-40(33)46-42(34)35)29-14-7-5-8-15-29;1-14(2)18-6-5-7-19(15(3)4)20(18)24-13-12-23-21(24)16-8-10-17(22)11-9-16;12-10-6-4-9(5-7-10)11-3-1-2-8-13-11;/h5-18,20-28H,1-4H3;5-8,10-15H,1-4H3;1-4,6-8H;/q3*-1;+3. The maximum atomic E-state index is 13.2. The number of imidazole rings is 2. The molecule has 13 aromatic rings. The second-order valence-electron chi connectivity index (χ2n) is 22.0. The maximum absolute atomic E-state index is 13.2. The van der Waals surface area contributed by atoms with Crippen LogP contribution in [0.1, 0.15) is 101 Å². The number of pyridine rings is 1. The Balaban J connectivity index is 0.000000171. The van der Waals surface area contributed by atoms with Crippen LogP contribution in [0.2, 0.25) is 0 Å². The van der Waals surface area contributed by atoms with Gasteiger partial charge in [0.1, 0.15) is 5.58 Å². The Bertz CT molecular complexity index is 4280. The summed E-state index contributed by atoms with van der Waals surface area (Å²) < 4.78 is 37.0. The Morgan fingerprint density at radius 3 is 1.65 bits per heavy atom. The first kappa shape index (κ1) is 58.3. The second kappa shape index (κ2) is 25.7. The fraction of sp³-hybridized carbons (Fsp3) is 0.160. The number of benzene rings is 9. The molecule has 0 aliphatic rings. The summed E-state index contributed by atoms with van der Waals surface area (Å²) in [7, 11) is 0. The molecule has 0 fully saturated rings. The molecule has 0 radical (unpaired) electrons. The van der Waals surface area contributed by atoms with Gasteiger partial charge in [-0.2, -0.15) is 0 Å². The van der Waals surface area contributed by atoms with E-state index in [9.17, 15) is 8.78 Å². The molecule has 6 nitrogen and oxygen atoms in total. The molecule has 0 saturated heterocycles. The van der Waals surface area contributed by atoms with Crippen LogP contribution < -0.4 is 0 Å². The van der Waals surface area contributed by atoms with E-state index in [4.69, 9.17) is 9.40 Å². The van der Waals surface area contributed by atoms with Gasteiger partial charge in [-0.05, 0) is 110 Å². The first-order valence-corrected chi connectivity index (χ1v) is 28.4. The molecular formula is C75H64F2IrN5O. The van der Waals surface area contributed by atoms with E-state index in [-0.39, 0.29) is 43.6 Å². The van der Waals surface area contributed by atoms with Crippen molar-refractivity contribution in [2.24, 2.45) is 0 Å². The van der Waals surface area contributed by atoms with Crippen molar-refractivity contribution in [1.82, 2.24) is 24.1 Å². The van der Waals surface area contributed by atoms with Gasteiger partial charge in [0.2, 0.25) is 0 Å². The molecule has 9 heteroatoms. The number of fused-ring (bicyclic) bond motifs is 4. The Morgan fingerprint density at radius 1 is 0.464 bits per heavy atom. The number of halogens is 2. The van der Waals surface area contributed by atoms with Crippen molar-refractivity contribution in [3.05, 3.63) is 271 Å². The van der Waals surface area contributed by atoms with Crippen LogP contribution in [-0.4, -0.2) is 24.1 Å². The number of hydrogen-bond acceptors (Lipinski definition) is 4. The molecule has 4 aromatic heterocycles. The van der Waals surface area contributed by atoms with Gasteiger partial charge in [0, 0.05) is 47.0 Å². The SMILES string of the molecule is CC(C)c1cc(-c2ccccc2)cc(C(C)C)c1-n1c(-c2[c-]ccc3c2oc2cc(-c4ccccc4)ccc23)nc2ccccc21.CC(C)c1cccc(C(C)C)c1-n1ccnc1-c1[c-]cc(F)cc1.Fc1c[c-]c(-c2ccccn2)cc1.[Ir+3]. The van der Waals surface area contributed by atoms with Crippen molar-refractivity contribution in [1.29, 1.82) is 0 Å². The molecule has 0 atom stereocenters. The third-order valence-electron chi connectivity index (χ3n) is 15.0. The van der Waals surface area contributed by atoms with E-state index in [2.05, 4.69) is 226 Å². The van der Waals surface area contributed by atoms with Gasteiger partial charge in [-0.1, -0.05) is 182 Å². The number of rotatable bonds is 11. The Morgan fingerprint density at radius 2 is 1.06 bits per heavy atom. The molecule has 0 aliphatic carbocycles. The molecule has 0 spiro atoms. The second-order valence-corrected chi connectivity index (χ2v) is 22.0. The summed E-state index contributed by atoms with van der Waals surface area (Å²) in [6.45, 7) is 17.9. The molecule has 0 aliphatic heterocycles. The molecule has 0 unspecified atom stereocenters.